The van der Waals surface area contributed by atoms with Gasteiger partial charge in [-0.1, -0.05) is 140 Å². The third kappa shape index (κ3) is 5.22. The average Bonchev–Trinajstić information content (AvgIpc) is 3.96. The van der Waals surface area contributed by atoms with Crippen molar-refractivity contribution in [2.24, 2.45) is 4.99 Å². The van der Waals surface area contributed by atoms with Gasteiger partial charge in [0.05, 0.1) is 16.7 Å². The van der Waals surface area contributed by atoms with E-state index in [0.717, 1.165) is 62.1 Å². The number of nitrogens with zero attached hydrogens (tertiary/aromatic N) is 2. The van der Waals surface area contributed by atoms with Gasteiger partial charge in [-0.3, -0.25) is 5.32 Å². The van der Waals surface area contributed by atoms with Crippen LogP contribution in [0.2, 0.25) is 0 Å². The molecule has 7 aromatic carbocycles. The first-order chi connectivity index (χ1) is 28.2. The number of nitrogens with one attached hydrogen (secondary N) is 2. The van der Waals surface area contributed by atoms with E-state index in [1.54, 1.807) is 0 Å². The molecule has 5 nitrogen and oxygen atoms in total. The highest BCUT2D eigenvalue weighted by Gasteiger charge is 2.28. The number of thiophene rings is 1. The molecule has 0 saturated heterocycles. The van der Waals surface area contributed by atoms with Crippen LogP contribution in [0, 0.1) is 0 Å². The summed E-state index contributed by atoms with van der Waals surface area (Å²) in [5, 5.41) is 15.0. The number of furan rings is 1. The zero-order valence-electron chi connectivity index (χ0n) is 30.9. The minimum Gasteiger partial charge on any atom is -0.454 e. The van der Waals surface area contributed by atoms with Gasteiger partial charge in [-0.15, -0.1) is 11.3 Å². The van der Waals surface area contributed by atoms with Gasteiger partial charge in [0.1, 0.15) is 23.8 Å². The first kappa shape index (κ1) is 32.5. The second-order valence-electron chi connectivity index (χ2n) is 15.1. The number of benzene rings is 7. The number of hydrogen-bond acceptors (Lipinski definition) is 5. The van der Waals surface area contributed by atoms with Crippen molar-refractivity contribution in [1.82, 2.24) is 15.2 Å². The Morgan fingerprint density at radius 2 is 1.40 bits per heavy atom. The molecule has 10 aromatic rings. The maximum absolute atomic E-state index is 6.92. The van der Waals surface area contributed by atoms with E-state index in [4.69, 9.17) is 9.41 Å². The average molecular weight is 753 g/mol. The van der Waals surface area contributed by atoms with Crippen LogP contribution in [0.3, 0.4) is 0 Å². The van der Waals surface area contributed by atoms with Crippen molar-refractivity contribution < 1.29 is 4.42 Å². The molecule has 2 N–H and O–H groups in total. The smallest absolute Gasteiger partial charge is 0.159 e. The number of fused-ring (bicyclic) bond motifs is 9. The lowest BCUT2D eigenvalue weighted by atomic mass is 9.91. The van der Waals surface area contributed by atoms with E-state index in [2.05, 4.69) is 179 Å². The Morgan fingerprint density at radius 3 is 2.30 bits per heavy atom. The molecule has 0 fully saturated rings. The Hall–Kier alpha value is -6.73. The quantitative estimate of drug-likeness (QED) is 0.184. The van der Waals surface area contributed by atoms with Crippen molar-refractivity contribution in [2.45, 2.75) is 24.7 Å². The van der Waals surface area contributed by atoms with Crippen LogP contribution in [0.15, 0.2) is 173 Å². The van der Waals surface area contributed by atoms with E-state index in [-0.39, 0.29) is 12.3 Å². The Morgan fingerprint density at radius 1 is 0.649 bits per heavy atom. The Balaban J connectivity index is 0.997. The summed E-state index contributed by atoms with van der Waals surface area (Å²) in [6, 6.07) is 58.4. The SMILES string of the molecule is C1=c2sc3ccccc3c2=CC(c2ccc3c(c2)c2ccccc2n3-c2cccc3c2oc2cccc(C4NC(c5ccccc5)=NC(c5ccccc5)N4)c23)C1. The van der Waals surface area contributed by atoms with E-state index in [1.165, 1.54) is 41.7 Å². The van der Waals surface area contributed by atoms with Gasteiger partial charge in [-0.25, -0.2) is 4.99 Å². The maximum Gasteiger partial charge on any atom is 0.159 e. The zero-order valence-corrected chi connectivity index (χ0v) is 31.7. The second-order valence-corrected chi connectivity index (χ2v) is 16.2. The highest BCUT2D eigenvalue weighted by molar-refractivity contribution is 7.17. The standard InChI is InChI=1S/C51H36N4OS/c1-3-13-31(14-4-1)49-52-50(32-15-5-2-6-16-32)54-51(53-49)38-20-12-23-44-47(38)37-19-11-22-43(48(37)56-44)55-41-21-9-7-17-35(41)39-29-33(25-27-42(39)55)34-26-28-46-40(30-34)36-18-8-10-24-45(36)57-46/h1-25,27-30,34,49,51,53H,26H2,(H,52,54). The zero-order chi connectivity index (χ0) is 37.5. The lowest BCUT2D eigenvalue weighted by molar-refractivity contribution is 0.411. The van der Waals surface area contributed by atoms with E-state index < -0.39 is 0 Å². The molecule has 1 aliphatic carbocycles. The molecule has 0 radical (unpaired) electrons. The minimum absolute atomic E-state index is 0.222. The molecule has 0 amide bonds. The molecule has 1 aliphatic heterocycles. The second kappa shape index (κ2) is 12.9. The fourth-order valence-electron chi connectivity index (χ4n) is 9.17. The van der Waals surface area contributed by atoms with Gasteiger partial charge >= 0.3 is 0 Å². The minimum atomic E-state index is -0.227. The van der Waals surface area contributed by atoms with Crippen LogP contribution in [0.5, 0.6) is 0 Å². The van der Waals surface area contributed by atoms with Crippen LogP contribution < -0.4 is 20.4 Å². The largest absolute Gasteiger partial charge is 0.454 e. The van der Waals surface area contributed by atoms with Crippen molar-refractivity contribution in [1.29, 1.82) is 0 Å². The van der Waals surface area contributed by atoms with Gasteiger partial charge in [0.2, 0.25) is 0 Å². The summed E-state index contributed by atoms with van der Waals surface area (Å²) in [7, 11) is 0. The third-order valence-corrected chi connectivity index (χ3v) is 13.0. The Labute approximate surface area is 332 Å². The monoisotopic (exact) mass is 752 g/mol. The molecule has 0 saturated carbocycles. The van der Waals surface area contributed by atoms with Crippen LogP contribution in [-0.2, 0) is 0 Å². The highest BCUT2D eigenvalue weighted by Crippen LogP contribution is 2.41. The van der Waals surface area contributed by atoms with Gasteiger partial charge in [-0.2, -0.15) is 0 Å². The molecule has 0 spiro atoms. The highest BCUT2D eigenvalue weighted by atomic mass is 32.1. The van der Waals surface area contributed by atoms with Crippen LogP contribution in [0.4, 0.5) is 0 Å². The molecular formula is C51H36N4OS. The summed E-state index contributed by atoms with van der Waals surface area (Å²) in [5.74, 6) is 1.17. The van der Waals surface area contributed by atoms with E-state index in [9.17, 15) is 0 Å². The molecular weight excluding hydrogens is 717 g/mol. The van der Waals surface area contributed by atoms with Crippen LogP contribution in [0.1, 0.15) is 46.9 Å². The molecule has 272 valence electrons. The molecule has 2 aliphatic rings. The number of hydrogen-bond donors (Lipinski definition) is 2. The number of amidine groups is 1. The van der Waals surface area contributed by atoms with E-state index >= 15 is 0 Å². The normalized spacial score (nSPS) is 18.0. The molecule has 0 bridgehead atoms. The van der Waals surface area contributed by atoms with Gasteiger partial charge < -0.3 is 14.3 Å². The molecule has 57 heavy (non-hydrogen) atoms. The predicted molar refractivity (Wildman–Crippen MR) is 237 cm³/mol. The lowest BCUT2D eigenvalue weighted by Crippen LogP contribution is -2.45. The van der Waals surface area contributed by atoms with Crippen molar-refractivity contribution in [3.8, 4) is 5.69 Å². The fourth-order valence-corrected chi connectivity index (χ4v) is 10.3. The van der Waals surface area contributed by atoms with Crippen molar-refractivity contribution in [3.63, 3.8) is 0 Å². The third-order valence-electron chi connectivity index (χ3n) is 11.8. The van der Waals surface area contributed by atoms with Gasteiger partial charge in [-0.05, 0) is 64.6 Å². The summed E-state index contributed by atoms with van der Waals surface area (Å²) >= 11 is 1.90. The molecule has 12 rings (SSSR count). The summed E-state index contributed by atoms with van der Waals surface area (Å²) in [4.78, 5) is 5.15. The van der Waals surface area contributed by atoms with E-state index in [1.807, 2.05) is 23.5 Å². The van der Waals surface area contributed by atoms with Crippen molar-refractivity contribution in [2.75, 3.05) is 0 Å². The first-order valence-corrected chi connectivity index (χ1v) is 20.4. The Kier molecular flexibility index (Phi) is 7.37. The summed E-state index contributed by atoms with van der Waals surface area (Å²) in [5.41, 5.74) is 9.69. The molecule has 3 aromatic heterocycles. The van der Waals surface area contributed by atoms with Gasteiger partial charge in [0, 0.05) is 47.8 Å². The van der Waals surface area contributed by atoms with Crippen LogP contribution in [0.25, 0.3) is 71.7 Å². The van der Waals surface area contributed by atoms with Gasteiger partial charge in [0.25, 0.3) is 0 Å². The lowest BCUT2D eigenvalue weighted by Gasteiger charge is -2.32. The summed E-state index contributed by atoms with van der Waals surface area (Å²) < 4.78 is 12.1. The molecule has 3 atom stereocenters. The molecule has 6 heteroatoms. The first-order valence-electron chi connectivity index (χ1n) is 19.6. The van der Waals surface area contributed by atoms with Crippen LogP contribution >= 0.6 is 11.3 Å². The van der Waals surface area contributed by atoms with Crippen molar-refractivity contribution >= 4 is 83.2 Å². The van der Waals surface area contributed by atoms with Crippen LogP contribution in [-0.4, -0.2) is 10.4 Å². The van der Waals surface area contributed by atoms with Gasteiger partial charge in [0.15, 0.2) is 5.58 Å². The summed E-state index contributed by atoms with van der Waals surface area (Å²) in [6.45, 7) is 0. The molecule has 3 unspecified atom stereocenters. The topological polar surface area (TPSA) is 54.5 Å². The summed E-state index contributed by atoms with van der Waals surface area (Å²) in [6.07, 6.45) is 5.48. The Bertz CT molecular complexity index is 3360. The maximum atomic E-state index is 6.92. The number of para-hydroxylation sites is 2. The fraction of sp³-hybridized carbons (Fsp3) is 0.0784. The van der Waals surface area contributed by atoms with Crippen molar-refractivity contribution in [3.05, 3.63) is 196 Å². The predicted octanol–water partition coefficient (Wildman–Crippen LogP) is 11.0. The number of aliphatic imine (C=N–C) groups is 1. The van der Waals surface area contributed by atoms with E-state index in [0.29, 0.717) is 5.92 Å². The molecule has 4 heterocycles. The number of aromatic nitrogens is 1. The number of rotatable bonds is 5.